The lowest BCUT2D eigenvalue weighted by Crippen LogP contribution is -2.57. The van der Waals surface area contributed by atoms with Gasteiger partial charge in [-0.1, -0.05) is 6.92 Å². The van der Waals surface area contributed by atoms with Gasteiger partial charge in [-0.15, -0.1) is 0 Å². The molecule has 8 heteroatoms. The maximum absolute atomic E-state index is 12.5. The molecule has 3 rings (SSSR count). The fourth-order valence-electron chi connectivity index (χ4n) is 4.01. The number of likely N-dealkylation sites (tertiary alicyclic amines) is 1. The van der Waals surface area contributed by atoms with Crippen LogP contribution in [0.15, 0.2) is 15.8 Å². The highest BCUT2D eigenvalue weighted by atomic mass is 16.5. The van der Waals surface area contributed by atoms with Crippen LogP contribution in [0, 0.1) is 11.8 Å². The molecule has 3 heterocycles. The van der Waals surface area contributed by atoms with Gasteiger partial charge in [-0.3, -0.25) is 14.6 Å². The van der Waals surface area contributed by atoms with E-state index in [-0.39, 0.29) is 29.7 Å². The van der Waals surface area contributed by atoms with E-state index in [0.717, 1.165) is 12.8 Å². The first-order chi connectivity index (χ1) is 11.9. The average molecular weight is 351 g/mol. The Labute approximate surface area is 145 Å². The van der Waals surface area contributed by atoms with Crippen molar-refractivity contribution < 1.29 is 14.6 Å². The zero-order valence-electron chi connectivity index (χ0n) is 14.4. The number of nitrogens with zero attached hydrogens (tertiary/aromatic N) is 1. The smallest absolute Gasteiger partial charge is 0.325 e. The van der Waals surface area contributed by atoms with Crippen molar-refractivity contribution >= 4 is 5.91 Å². The van der Waals surface area contributed by atoms with Gasteiger partial charge in [-0.25, -0.2) is 4.79 Å². The van der Waals surface area contributed by atoms with Gasteiger partial charge >= 0.3 is 5.69 Å². The van der Waals surface area contributed by atoms with Gasteiger partial charge in [0.2, 0.25) is 5.91 Å². The third kappa shape index (κ3) is 3.69. The number of piperidine rings is 1. The van der Waals surface area contributed by atoms with E-state index in [0.29, 0.717) is 32.7 Å². The van der Waals surface area contributed by atoms with E-state index in [1.165, 1.54) is 6.20 Å². The average Bonchev–Trinajstić information content (AvgIpc) is 2.60. The molecule has 0 unspecified atom stereocenters. The zero-order valence-corrected chi connectivity index (χ0v) is 14.4. The second kappa shape index (κ2) is 7.13. The lowest BCUT2D eigenvalue weighted by molar-refractivity contribution is -0.150. The Bertz CT molecular complexity index is 736. The molecule has 0 bridgehead atoms. The highest BCUT2D eigenvalue weighted by molar-refractivity contribution is 5.78. The Balaban J connectivity index is 1.64. The predicted molar refractivity (Wildman–Crippen MR) is 90.2 cm³/mol. The van der Waals surface area contributed by atoms with Crippen LogP contribution in [0.3, 0.4) is 0 Å². The van der Waals surface area contributed by atoms with Crippen LogP contribution < -0.4 is 11.2 Å². The van der Waals surface area contributed by atoms with E-state index in [2.05, 4.69) is 9.97 Å². The molecule has 1 amide bonds. The van der Waals surface area contributed by atoms with Crippen LogP contribution in [-0.2, 0) is 16.0 Å². The number of aliphatic hydroxyl groups is 1. The number of carbonyl (C=O) groups is 1. The second-order valence-electron chi connectivity index (χ2n) is 7.14. The van der Waals surface area contributed by atoms with Crippen LogP contribution in [-0.4, -0.2) is 57.8 Å². The van der Waals surface area contributed by atoms with Crippen LogP contribution in [0.4, 0.5) is 0 Å². The van der Waals surface area contributed by atoms with Crippen molar-refractivity contribution in [3.63, 3.8) is 0 Å². The first-order valence-corrected chi connectivity index (χ1v) is 8.79. The molecule has 0 radical (unpaired) electrons. The Morgan fingerprint density at radius 3 is 2.76 bits per heavy atom. The first kappa shape index (κ1) is 17.9. The van der Waals surface area contributed by atoms with Crippen LogP contribution in [0.2, 0.25) is 0 Å². The quantitative estimate of drug-likeness (QED) is 0.687. The van der Waals surface area contributed by atoms with Crippen molar-refractivity contribution in [1.29, 1.82) is 0 Å². The van der Waals surface area contributed by atoms with E-state index < -0.39 is 16.9 Å². The second-order valence-corrected chi connectivity index (χ2v) is 7.14. The molecule has 2 saturated heterocycles. The normalized spacial score (nSPS) is 28.1. The minimum atomic E-state index is -0.768. The molecule has 2 fully saturated rings. The summed E-state index contributed by atoms with van der Waals surface area (Å²) in [5, 5.41) is 11.1. The minimum absolute atomic E-state index is 0.0397. The molecule has 25 heavy (non-hydrogen) atoms. The number of hydrogen-bond acceptors (Lipinski definition) is 5. The Hall–Kier alpha value is -1.93. The Kier molecular flexibility index (Phi) is 5.10. The summed E-state index contributed by atoms with van der Waals surface area (Å²) in [4.78, 5) is 41.5. The highest BCUT2D eigenvalue weighted by Gasteiger charge is 2.45. The molecule has 1 aromatic heterocycles. The van der Waals surface area contributed by atoms with Gasteiger partial charge in [0.05, 0.1) is 12.0 Å². The summed E-state index contributed by atoms with van der Waals surface area (Å²) in [6, 6.07) is 0. The van der Waals surface area contributed by atoms with Gasteiger partial charge in [-0.2, -0.15) is 0 Å². The van der Waals surface area contributed by atoms with Crippen molar-refractivity contribution in [3.8, 4) is 0 Å². The number of nitrogens with one attached hydrogen (secondary N) is 2. The van der Waals surface area contributed by atoms with Crippen molar-refractivity contribution in [1.82, 2.24) is 14.9 Å². The molecule has 0 aromatic carbocycles. The lowest BCUT2D eigenvalue weighted by atomic mass is 9.70. The summed E-state index contributed by atoms with van der Waals surface area (Å²) >= 11 is 0. The molecular weight excluding hydrogens is 326 g/mol. The van der Waals surface area contributed by atoms with Gasteiger partial charge in [0, 0.05) is 44.0 Å². The molecular formula is C17H25N3O5. The van der Waals surface area contributed by atoms with E-state index in [1.54, 1.807) is 4.90 Å². The van der Waals surface area contributed by atoms with E-state index >= 15 is 0 Å². The van der Waals surface area contributed by atoms with E-state index in [9.17, 15) is 19.5 Å². The van der Waals surface area contributed by atoms with Crippen LogP contribution in [0.5, 0.6) is 0 Å². The summed E-state index contributed by atoms with van der Waals surface area (Å²) < 4.78 is 5.38. The lowest BCUT2D eigenvalue weighted by Gasteiger charge is -2.48. The molecule has 8 nitrogen and oxygen atoms in total. The summed E-state index contributed by atoms with van der Waals surface area (Å²) in [5.74, 6) is -0.00358. The number of ether oxygens (including phenoxy) is 1. The number of aromatic amines is 2. The van der Waals surface area contributed by atoms with Gasteiger partial charge < -0.3 is 19.7 Å². The van der Waals surface area contributed by atoms with Crippen LogP contribution >= 0.6 is 0 Å². The number of hydrogen-bond donors (Lipinski definition) is 3. The minimum Gasteiger partial charge on any atom is -0.389 e. The fraction of sp³-hybridized carbons (Fsp3) is 0.706. The standard InChI is InChI=1S/C17H25N3O5/c1-11-10-20(5-4-17(11,24)13-2-6-25-7-3-13)14(21)8-12-9-18-16(23)19-15(12)22/h9,11,13,24H,2-8,10H2,1H3,(H2,18,19,22,23)/t11-,17+/m1/s1. The van der Waals surface area contributed by atoms with Crippen molar-refractivity contribution in [2.45, 2.75) is 38.2 Å². The summed E-state index contributed by atoms with van der Waals surface area (Å²) in [6.07, 6.45) is 3.45. The van der Waals surface area contributed by atoms with E-state index in [4.69, 9.17) is 4.74 Å². The Morgan fingerprint density at radius 2 is 2.12 bits per heavy atom. The SMILES string of the molecule is C[C@@H]1CN(C(=O)Cc2c[nH]c(=O)[nH]c2=O)CC[C@@]1(O)C1CCOCC1. The molecule has 1 aromatic rings. The monoisotopic (exact) mass is 351 g/mol. The molecule has 2 aliphatic heterocycles. The number of carbonyl (C=O) groups excluding carboxylic acids is 1. The fourth-order valence-corrected chi connectivity index (χ4v) is 4.01. The third-order valence-electron chi connectivity index (χ3n) is 5.65. The predicted octanol–water partition coefficient (Wildman–Crippen LogP) is -0.368. The van der Waals surface area contributed by atoms with Gasteiger partial charge in [0.25, 0.3) is 5.56 Å². The molecule has 3 N–H and O–H groups in total. The molecule has 0 spiro atoms. The summed E-state index contributed by atoms with van der Waals surface area (Å²) in [6.45, 7) is 4.27. The summed E-state index contributed by atoms with van der Waals surface area (Å²) in [5.41, 5.74) is -1.66. The topological polar surface area (TPSA) is 115 Å². The van der Waals surface area contributed by atoms with E-state index in [1.807, 2.05) is 6.92 Å². The maximum Gasteiger partial charge on any atom is 0.325 e. The number of rotatable bonds is 3. The largest absolute Gasteiger partial charge is 0.389 e. The van der Waals surface area contributed by atoms with Crippen LogP contribution in [0.25, 0.3) is 0 Å². The maximum atomic E-state index is 12.5. The summed E-state index contributed by atoms with van der Waals surface area (Å²) in [7, 11) is 0. The van der Waals surface area contributed by atoms with Crippen molar-refractivity contribution in [2.24, 2.45) is 11.8 Å². The van der Waals surface area contributed by atoms with Crippen molar-refractivity contribution in [2.75, 3.05) is 26.3 Å². The number of H-pyrrole nitrogens is 2. The highest BCUT2D eigenvalue weighted by Crippen LogP contribution is 2.39. The third-order valence-corrected chi connectivity index (χ3v) is 5.65. The number of aromatic nitrogens is 2. The van der Waals surface area contributed by atoms with Gasteiger partial charge in [-0.05, 0) is 25.2 Å². The molecule has 138 valence electrons. The molecule has 0 saturated carbocycles. The van der Waals surface area contributed by atoms with Gasteiger partial charge in [0.1, 0.15) is 0 Å². The first-order valence-electron chi connectivity index (χ1n) is 8.79. The molecule has 0 aliphatic carbocycles. The van der Waals surface area contributed by atoms with Crippen LogP contribution in [0.1, 0.15) is 31.7 Å². The Morgan fingerprint density at radius 1 is 1.40 bits per heavy atom. The van der Waals surface area contributed by atoms with Crippen molar-refractivity contribution in [3.05, 3.63) is 32.6 Å². The van der Waals surface area contributed by atoms with Gasteiger partial charge in [0.15, 0.2) is 0 Å². The number of amides is 1. The molecule has 2 aliphatic rings. The molecule has 2 atom stereocenters. The zero-order chi connectivity index (χ0) is 18.0.